The van der Waals surface area contributed by atoms with Gasteiger partial charge in [0.15, 0.2) is 5.78 Å². The highest BCUT2D eigenvalue weighted by molar-refractivity contribution is 7.86. The van der Waals surface area contributed by atoms with Gasteiger partial charge in [-0.3, -0.25) is 4.79 Å². The second-order valence-corrected chi connectivity index (χ2v) is 4.49. The molecular weight excluding hydrogens is 219 g/mol. The predicted molar refractivity (Wildman–Crippen MR) is 54.0 cm³/mol. The van der Waals surface area contributed by atoms with Crippen LogP contribution in [0.4, 0.5) is 3.89 Å². The number of hydrogen-bond acceptors (Lipinski definition) is 3. The van der Waals surface area contributed by atoms with Gasteiger partial charge in [0.25, 0.3) is 0 Å². The van der Waals surface area contributed by atoms with E-state index >= 15 is 0 Å². The number of hydrogen-bond donors (Lipinski definition) is 0. The Balaban J connectivity index is 3.09. The van der Waals surface area contributed by atoms with Gasteiger partial charge in [-0.1, -0.05) is 19.1 Å². The van der Waals surface area contributed by atoms with E-state index in [4.69, 9.17) is 0 Å². The predicted octanol–water partition coefficient (Wildman–Crippen LogP) is 2.33. The molecule has 0 N–H and O–H groups in total. The summed E-state index contributed by atoms with van der Waals surface area (Å²) in [6.07, 6.45) is 1.00. The van der Waals surface area contributed by atoms with Crippen molar-refractivity contribution in [2.75, 3.05) is 0 Å². The van der Waals surface area contributed by atoms with Crippen LogP contribution in [0, 0.1) is 0 Å². The van der Waals surface area contributed by atoms with Crippen LogP contribution in [0.5, 0.6) is 0 Å². The quantitative estimate of drug-likeness (QED) is 0.589. The first kappa shape index (κ1) is 11.8. The van der Waals surface area contributed by atoms with E-state index in [9.17, 15) is 17.1 Å². The standard InChI is InChI=1S/C10H11FO3S/c1-2-4-10(12)8-5-3-6-9(7-8)15(11,13)14/h3,5-7H,2,4H2,1H3. The van der Waals surface area contributed by atoms with Crippen LogP contribution in [0.25, 0.3) is 0 Å². The Kier molecular flexibility index (Phi) is 3.57. The molecule has 0 aliphatic heterocycles. The first-order valence-electron chi connectivity index (χ1n) is 4.53. The summed E-state index contributed by atoms with van der Waals surface area (Å²) in [5, 5.41) is 0. The van der Waals surface area contributed by atoms with E-state index in [1.165, 1.54) is 12.1 Å². The summed E-state index contributed by atoms with van der Waals surface area (Å²) in [4.78, 5) is 10.9. The molecule has 0 heterocycles. The highest BCUT2D eigenvalue weighted by Gasteiger charge is 2.14. The number of carbonyl (C=O) groups excluding carboxylic acids is 1. The van der Waals surface area contributed by atoms with E-state index in [0.29, 0.717) is 12.8 Å². The minimum Gasteiger partial charge on any atom is -0.294 e. The third-order valence-corrected chi connectivity index (χ3v) is 2.73. The van der Waals surface area contributed by atoms with E-state index in [1.54, 1.807) is 0 Å². The van der Waals surface area contributed by atoms with Crippen LogP contribution >= 0.6 is 0 Å². The van der Waals surface area contributed by atoms with Crippen molar-refractivity contribution >= 4 is 16.0 Å². The van der Waals surface area contributed by atoms with Gasteiger partial charge in [-0.25, -0.2) is 0 Å². The van der Waals surface area contributed by atoms with Crippen LogP contribution in [-0.2, 0) is 10.2 Å². The molecule has 5 heteroatoms. The Bertz CT molecular complexity index is 465. The largest absolute Gasteiger partial charge is 0.332 e. The first-order chi connectivity index (χ1) is 6.95. The molecule has 0 amide bonds. The van der Waals surface area contributed by atoms with Crippen molar-refractivity contribution in [2.45, 2.75) is 24.7 Å². The lowest BCUT2D eigenvalue weighted by Crippen LogP contribution is -2.00. The fourth-order valence-electron chi connectivity index (χ4n) is 1.19. The maximum atomic E-state index is 12.6. The van der Waals surface area contributed by atoms with Crippen molar-refractivity contribution in [1.29, 1.82) is 0 Å². The van der Waals surface area contributed by atoms with Gasteiger partial charge < -0.3 is 0 Å². The smallest absolute Gasteiger partial charge is 0.294 e. The summed E-state index contributed by atoms with van der Waals surface area (Å²) in [5.41, 5.74) is 0.232. The van der Waals surface area contributed by atoms with Crippen LogP contribution in [0.1, 0.15) is 30.1 Å². The molecule has 0 saturated heterocycles. The SMILES string of the molecule is CCCC(=O)c1cccc(S(=O)(=O)F)c1. The Labute approximate surface area is 88.1 Å². The molecule has 0 atom stereocenters. The van der Waals surface area contributed by atoms with Crippen LogP contribution in [0.15, 0.2) is 29.2 Å². The molecule has 0 spiro atoms. The van der Waals surface area contributed by atoms with Crippen LogP contribution < -0.4 is 0 Å². The number of Topliss-reactive ketones (excluding diaryl/α,β-unsaturated/α-hetero) is 1. The van der Waals surface area contributed by atoms with Gasteiger partial charge in [-0.05, 0) is 18.6 Å². The van der Waals surface area contributed by atoms with Gasteiger partial charge in [-0.2, -0.15) is 8.42 Å². The third kappa shape index (κ3) is 3.13. The molecule has 3 nitrogen and oxygen atoms in total. The molecule has 0 aromatic heterocycles. The lowest BCUT2D eigenvalue weighted by molar-refractivity contribution is 0.0981. The van der Waals surface area contributed by atoms with Crippen LogP contribution in [-0.4, -0.2) is 14.2 Å². The second-order valence-electron chi connectivity index (χ2n) is 3.14. The Morgan fingerprint density at radius 1 is 1.40 bits per heavy atom. The van der Waals surface area contributed by atoms with Crippen molar-refractivity contribution in [3.05, 3.63) is 29.8 Å². The Hall–Kier alpha value is -1.23. The van der Waals surface area contributed by atoms with E-state index in [1.807, 2.05) is 6.92 Å². The summed E-state index contributed by atoms with van der Waals surface area (Å²) in [7, 11) is -4.73. The minimum atomic E-state index is -4.73. The molecule has 0 aliphatic rings. The zero-order valence-corrected chi connectivity index (χ0v) is 9.05. The Morgan fingerprint density at radius 3 is 2.60 bits per heavy atom. The molecule has 0 fully saturated rings. The summed E-state index contributed by atoms with van der Waals surface area (Å²) >= 11 is 0. The molecule has 0 aliphatic carbocycles. The topological polar surface area (TPSA) is 51.2 Å². The molecule has 1 rings (SSSR count). The van der Waals surface area contributed by atoms with Gasteiger partial charge in [0.05, 0.1) is 4.90 Å². The van der Waals surface area contributed by atoms with Crippen molar-refractivity contribution in [2.24, 2.45) is 0 Å². The number of ketones is 1. The second kappa shape index (κ2) is 4.53. The van der Waals surface area contributed by atoms with E-state index in [-0.39, 0.29) is 11.3 Å². The molecule has 15 heavy (non-hydrogen) atoms. The molecule has 0 radical (unpaired) electrons. The average Bonchev–Trinajstić information content (AvgIpc) is 2.17. The summed E-state index contributed by atoms with van der Waals surface area (Å²) < 4.78 is 33.8. The fraction of sp³-hybridized carbons (Fsp3) is 0.300. The number of carbonyl (C=O) groups is 1. The zero-order chi connectivity index (χ0) is 11.5. The fourth-order valence-corrected chi connectivity index (χ4v) is 1.70. The summed E-state index contributed by atoms with van der Waals surface area (Å²) in [6, 6.07) is 5.02. The third-order valence-electron chi connectivity index (χ3n) is 1.91. The van der Waals surface area contributed by atoms with Gasteiger partial charge in [0.1, 0.15) is 0 Å². The van der Waals surface area contributed by atoms with Gasteiger partial charge >= 0.3 is 10.2 Å². The van der Waals surface area contributed by atoms with Gasteiger partial charge in [-0.15, -0.1) is 3.89 Å². The Morgan fingerprint density at radius 2 is 2.07 bits per heavy atom. The van der Waals surface area contributed by atoms with Crippen molar-refractivity contribution < 1.29 is 17.1 Å². The van der Waals surface area contributed by atoms with E-state index in [0.717, 1.165) is 12.1 Å². The van der Waals surface area contributed by atoms with Crippen molar-refractivity contribution in [3.8, 4) is 0 Å². The number of halogens is 1. The highest BCUT2D eigenvalue weighted by Crippen LogP contribution is 2.15. The lowest BCUT2D eigenvalue weighted by Gasteiger charge is -2.00. The minimum absolute atomic E-state index is 0.178. The maximum Gasteiger partial charge on any atom is 0.332 e. The molecule has 82 valence electrons. The van der Waals surface area contributed by atoms with E-state index in [2.05, 4.69) is 0 Å². The van der Waals surface area contributed by atoms with Crippen LogP contribution in [0.3, 0.4) is 0 Å². The van der Waals surface area contributed by atoms with Crippen LogP contribution in [0.2, 0.25) is 0 Å². The average molecular weight is 230 g/mol. The van der Waals surface area contributed by atoms with E-state index < -0.39 is 15.1 Å². The molecular formula is C10H11FO3S. The van der Waals surface area contributed by atoms with Gasteiger partial charge in [0.2, 0.25) is 0 Å². The van der Waals surface area contributed by atoms with Crippen molar-refractivity contribution in [1.82, 2.24) is 0 Å². The summed E-state index contributed by atoms with van der Waals surface area (Å²) in [5.74, 6) is -0.178. The molecule has 0 unspecified atom stereocenters. The monoisotopic (exact) mass is 230 g/mol. The molecule has 1 aromatic rings. The van der Waals surface area contributed by atoms with Gasteiger partial charge in [0, 0.05) is 12.0 Å². The lowest BCUT2D eigenvalue weighted by atomic mass is 10.1. The molecule has 0 saturated carbocycles. The zero-order valence-electron chi connectivity index (χ0n) is 8.23. The highest BCUT2D eigenvalue weighted by atomic mass is 32.3. The molecule has 0 bridgehead atoms. The normalized spacial score (nSPS) is 11.3. The first-order valence-corrected chi connectivity index (χ1v) is 5.91. The number of rotatable bonds is 4. The maximum absolute atomic E-state index is 12.6. The van der Waals surface area contributed by atoms with Crippen molar-refractivity contribution in [3.63, 3.8) is 0 Å². The number of benzene rings is 1. The summed E-state index contributed by atoms with van der Waals surface area (Å²) in [6.45, 7) is 1.84. The molecule has 1 aromatic carbocycles.